The molecule has 0 atom stereocenters. The predicted molar refractivity (Wildman–Crippen MR) is 62.7 cm³/mol. The zero-order valence-electron chi connectivity index (χ0n) is 7.87. The molecule has 0 radical (unpaired) electrons. The van der Waals surface area contributed by atoms with E-state index in [0.717, 1.165) is 5.69 Å². The van der Waals surface area contributed by atoms with E-state index in [0.29, 0.717) is 17.4 Å². The minimum Gasteiger partial charge on any atom is -0.383 e. The average molecular weight is 269 g/mol. The lowest BCUT2D eigenvalue weighted by atomic mass is 10.3. The summed E-state index contributed by atoms with van der Waals surface area (Å²) >= 11 is 3.25. The molecule has 4 nitrogen and oxygen atoms in total. The summed E-state index contributed by atoms with van der Waals surface area (Å²) in [5.74, 6) is 2.50. The van der Waals surface area contributed by atoms with E-state index in [1.165, 1.54) is 12.1 Å². The number of hydrogen-bond acceptors (Lipinski definition) is 3. The Morgan fingerprint density at radius 3 is 2.87 bits per heavy atom. The molecule has 0 bridgehead atoms. The third kappa shape index (κ3) is 3.26. The van der Waals surface area contributed by atoms with Crippen molar-refractivity contribution in [2.75, 3.05) is 11.9 Å². The first-order chi connectivity index (χ1) is 7.15. The van der Waals surface area contributed by atoms with Crippen LogP contribution in [0.25, 0.3) is 0 Å². The van der Waals surface area contributed by atoms with E-state index in [2.05, 4.69) is 27.2 Å². The van der Waals surface area contributed by atoms with Crippen LogP contribution in [-0.4, -0.2) is 11.5 Å². The van der Waals surface area contributed by atoms with Gasteiger partial charge in [-0.3, -0.25) is 10.1 Å². The van der Waals surface area contributed by atoms with E-state index in [4.69, 9.17) is 6.42 Å². The summed E-state index contributed by atoms with van der Waals surface area (Å²) in [6, 6.07) is 4.56. The summed E-state index contributed by atoms with van der Waals surface area (Å²) in [5, 5.41) is 13.5. The Balaban J connectivity index is 2.76. The molecule has 0 unspecified atom stereocenters. The van der Waals surface area contributed by atoms with E-state index < -0.39 is 4.92 Å². The van der Waals surface area contributed by atoms with Gasteiger partial charge in [-0.1, -0.05) is 0 Å². The number of terminal acetylenes is 1. The van der Waals surface area contributed by atoms with E-state index in [9.17, 15) is 10.1 Å². The topological polar surface area (TPSA) is 55.2 Å². The van der Waals surface area contributed by atoms with Crippen molar-refractivity contribution < 1.29 is 4.92 Å². The Labute approximate surface area is 96.0 Å². The van der Waals surface area contributed by atoms with Crippen LogP contribution in [0.15, 0.2) is 22.7 Å². The lowest BCUT2D eigenvalue weighted by Gasteiger charge is -2.06. The highest BCUT2D eigenvalue weighted by Gasteiger charge is 2.08. The van der Waals surface area contributed by atoms with Gasteiger partial charge in [-0.2, -0.15) is 0 Å². The maximum absolute atomic E-state index is 10.5. The molecule has 0 amide bonds. The summed E-state index contributed by atoms with van der Waals surface area (Å²) in [7, 11) is 0. The van der Waals surface area contributed by atoms with Gasteiger partial charge >= 0.3 is 0 Å². The van der Waals surface area contributed by atoms with Crippen molar-refractivity contribution in [3.8, 4) is 12.3 Å². The number of hydrogen-bond donors (Lipinski definition) is 1. The van der Waals surface area contributed by atoms with Gasteiger partial charge in [0.05, 0.1) is 4.92 Å². The summed E-state index contributed by atoms with van der Waals surface area (Å²) in [4.78, 5) is 10.0. The monoisotopic (exact) mass is 268 g/mol. The van der Waals surface area contributed by atoms with Gasteiger partial charge in [0, 0.05) is 35.3 Å². The average Bonchev–Trinajstić information content (AvgIpc) is 2.20. The standard InChI is InChI=1S/C10H9BrN2O2/c1-2-3-6-12-10-5-4-8(13(14)15)7-9(10)11/h1,4-5,7,12H,3,6H2. The first kappa shape index (κ1) is 11.5. The van der Waals surface area contributed by atoms with Crippen LogP contribution in [0, 0.1) is 22.5 Å². The van der Waals surface area contributed by atoms with Crippen molar-refractivity contribution in [1.82, 2.24) is 0 Å². The van der Waals surface area contributed by atoms with Gasteiger partial charge in [-0.05, 0) is 22.0 Å². The predicted octanol–water partition coefficient (Wildman–Crippen LogP) is 2.79. The fraction of sp³-hybridized carbons (Fsp3) is 0.200. The zero-order chi connectivity index (χ0) is 11.3. The van der Waals surface area contributed by atoms with E-state index >= 15 is 0 Å². The molecule has 0 aliphatic rings. The number of non-ortho nitro benzene ring substituents is 1. The SMILES string of the molecule is C#CCCNc1ccc([N+](=O)[O-])cc1Br. The van der Waals surface area contributed by atoms with Crippen LogP contribution in [0.1, 0.15) is 6.42 Å². The fourth-order valence-electron chi connectivity index (χ4n) is 1.03. The number of nitrogens with one attached hydrogen (secondary N) is 1. The van der Waals surface area contributed by atoms with Crippen LogP contribution < -0.4 is 5.32 Å². The van der Waals surface area contributed by atoms with E-state index in [-0.39, 0.29) is 5.69 Å². The molecule has 0 spiro atoms. The molecule has 1 N–H and O–H groups in total. The second kappa shape index (κ2) is 5.37. The van der Waals surface area contributed by atoms with Crippen molar-refractivity contribution in [2.45, 2.75) is 6.42 Å². The van der Waals surface area contributed by atoms with Crippen LogP contribution in [-0.2, 0) is 0 Å². The summed E-state index contributed by atoms with van der Waals surface area (Å²) in [6.45, 7) is 0.646. The van der Waals surface area contributed by atoms with Crippen LogP contribution >= 0.6 is 15.9 Å². The van der Waals surface area contributed by atoms with Gasteiger partial charge in [0.15, 0.2) is 0 Å². The van der Waals surface area contributed by atoms with Crippen LogP contribution in [0.2, 0.25) is 0 Å². The first-order valence-electron chi connectivity index (χ1n) is 4.26. The molecule has 15 heavy (non-hydrogen) atoms. The van der Waals surface area contributed by atoms with Crippen molar-refractivity contribution in [3.05, 3.63) is 32.8 Å². The smallest absolute Gasteiger partial charge is 0.270 e. The molecule has 0 saturated carbocycles. The van der Waals surface area contributed by atoms with E-state index in [1.54, 1.807) is 6.07 Å². The second-order valence-electron chi connectivity index (χ2n) is 2.80. The molecular weight excluding hydrogens is 260 g/mol. The summed E-state index contributed by atoms with van der Waals surface area (Å²) in [5.41, 5.74) is 0.861. The summed E-state index contributed by atoms with van der Waals surface area (Å²) in [6.07, 6.45) is 5.72. The van der Waals surface area contributed by atoms with Crippen molar-refractivity contribution in [2.24, 2.45) is 0 Å². The van der Waals surface area contributed by atoms with Gasteiger partial charge < -0.3 is 5.32 Å². The maximum atomic E-state index is 10.5. The van der Waals surface area contributed by atoms with Gasteiger partial charge in [0.2, 0.25) is 0 Å². The number of halogens is 1. The highest BCUT2D eigenvalue weighted by atomic mass is 79.9. The molecule has 78 valence electrons. The van der Waals surface area contributed by atoms with Gasteiger partial charge in [-0.15, -0.1) is 12.3 Å². The molecule has 0 saturated heterocycles. The van der Waals surface area contributed by atoms with Crippen LogP contribution in [0.4, 0.5) is 11.4 Å². The third-order valence-corrected chi connectivity index (χ3v) is 2.40. The molecule has 1 rings (SSSR count). The van der Waals surface area contributed by atoms with Crippen molar-refractivity contribution in [3.63, 3.8) is 0 Å². The Hall–Kier alpha value is -1.54. The molecule has 1 aromatic carbocycles. The molecule has 0 heterocycles. The number of anilines is 1. The second-order valence-corrected chi connectivity index (χ2v) is 3.66. The first-order valence-corrected chi connectivity index (χ1v) is 5.05. The number of nitro benzene ring substituents is 1. The fourth-order valence-corrected chi connectivity index (χ4v) is 1.54. The number of rotatable bonds is 4. The quantitative estimate of drug-likeness (QED) is 0.396. The van der Waals surface area contributed by atoms with E-state index in [1.807, 2.05) is 0 Å². The maximum Gasteiger partial charge on any atom is 0.270 e. The third-order valence-electron chi connectivity index (χ3n) is 1.75. The van der Waals surface area contributed by atoms with Crippen LogP contribution in [0.3, 0.4) is 0 Å². The van der Waals surface area contributed by atoms with Gasteiger partial charge in [0.25, 0.3) is 5.69 Å². The number of benzene rings is 1. The zero-order valence-corrected chi connectivity index (χ0v) is 9.45. The summed E-state index contributed by atoms with van der Waals surface area (Å²) < 4.78 is 0.661. The molecule has 0 aliphatic heterocycles. The molecule has 0 fully saturated rings. The van der Waals surface area contributed by atoms with Crippen molar-refractivity contribution in [1.29, 1.82) is 0 Å². The molecule has 5 heteroatoms. The lowest BCUT2D eigenvalue weighted by Crippen LogP contribution is -2.01. The molecule has 0 aromatic heterocycles. The lowest BCUT2D eigenvalue weighted by molar-refractivity contribution is -0.384. The Kier molecular flexibility index (Phi) is 4.13. The number of nitro groups is 1. The minimum absolute atomic E-state index is 0.0596. The highest BCUT2D eigenvalue weighted by Crippen LogP contribution is 2.26. The number of nitrogens with zero attached hydrogens (tertiary/aromatic N) is 1. The normalized spacial score (nSPS) is 9.33. The largest absolute Gasteiger partial charge is 0.383 e. The molecule has 0 aliphatic carbocycles. The Morgan fingerprint density at radius 2 is 2.33 bits per heavy atom. The Bertz CT molecular complexity index is 412. The molecular formula is C10H9BrN2O2. The highest BCUT2D eigenvalue weighted by molar-refractivity contribution is 9.10. The van der Waals surface area contributed by atoms with Gasteiger partial charge in [-0.25, -0.2) is 0 Å². The Morgan fingerprint density at radius 1 is 1.60 bits per heavy atom. The minimum atomic E-state index is -0.435. The molecule has 1 aromatic rings. The van der Waals surface area contributed by atoms with Gasteiger partial charge in [0.1, 0.15) is 0 Å². The van der Waals surface area contributed by atoms with Crippen molar-refractivity contribution >= 4 is 27.3 Å². The van der Waals surface area contributed by atoms with Crippen LogP contribution in [0.5, 0.6) is 0 Å².